The molecular weight excluding hydrogens is 225 g/mol. The van der Waals surface area contributed by atoms with Crippen LogP contribution in [0.3, 0.4) is 0 Å². The molecule has 0 aliphatic heterocycles. The summed E-state index contributed by atoms with van der Waals surface area (Å²) in [5.41, 5.74) is 7.66. The zero-order valence-corrected chi connectivity index (χ0v) is 9.94. The molecule has 0 aliphatic rings. The highest BCUT2D eigenvalue weighted by molar-refractivity contribution is 7.13. The Morgan fingerprint density at radius 2 is 2.12 bits per heavy atom. The second kappa shape index (κ2) is 4.17. The topological polar surface area (TPSA) is 51.8 Å². The molecule has 0 fully saturated rings. The molecule has 0 atom stereocenters. The summed E-state index contributed by atoms with van der Waals surface area (Å²) < 4.78 is 12.9. The van der Waals surface area contributed by atoms with Gasteiger partial charge in [0.1, 0.15) is 5.82 Å². The molecule has 2 N–H and O–H groups in total. The van der Waals surface area contributed by atoms with E-state index >= 15 is 0 Å². The number of aromatic nitrogens is 2. The average Bonchev–Trinajstić information content (AvgIpc) is 2.64. The molecule has 3 nitrogen and oxygen atoms in total. The molecule has 0 spiro atoms. The van der Waals surface area contributed by atoms with Crippen LogP contribution < -0.4 is 5.73 Å². The number of nitrogens with zero attached hydrogens (tertiary/aromatic N) is 2. The zero-order chi connectivity index (χ0) is 11.7. The van der Waals surface area contributed by atoms with Crippen LogP contribution in [0.4, 0.5) is 10.2 Å². The molecule has 0 saturated heterocycles. The molecule has 2 aromatic rings. The Kier molecular flexibility index (Phi) is 2.87. The number of rotatable bonds is 2. The average molecular weight is 237 g/mol. The molecule has 2 aromatic heterocycles. The minimum Gasteiger partial charge on any atom is -0.383 e. The van der Waals surface area contributed by atoms with Crippen LogP contribution >= 0.6 is 11.3 Å². The van der Waals surface area contributed by atoms with Crippen LogP contribution in [0, 0.1) is 12.1 Å². The number of nitrogens with two attached hydrogens (primary N) is 1. The number of aryl methyl sites for hydroxylation is 1. The molecule has 16 heavy (non-hydrogen) atoms. The van der Waals surface area contributed by atoms with Crippen molar-refractivity contribution in [1.82, 2.24) is 9.97 Å². The van der Waals surface area contributed by atoms with Gasteiger partial charge in [0.25, 0.3) is 0 Å². The van der Waals surface area contributed by atoms with Gasteiger partial charge in [0.05, 0.1) is 4.88 Å². The van der Waals surface area contributed by atoms with Crippen LogP contribution in [0.25, 0.3) is 10.7 Å². The summed E-state index contributed by atoms with van der Waals surface area (Å²) in [6.45, 7) is 3.90. The predicted octanol–water partition coefficient (Wildman–Crippen LogP) is 2.80. The quantitative estimate of drug-likeness (QED) is 0.873. The fraction of sp³-hybridized carbons (Fsp3) is 0.273. The third-order valence-corrected chi connectivity index (χ3v) is 3.26. The number of hydrogen-bond acceptors (Lipinski definition) is 4. The van der Waals surface area contributed by atoms with E-state index in [2.05, 4.69) is 9.97 Å². The Morgan fingerprint density at radius 3 is 2.62 bits per heavy atom. The lowest BCUT2D eigenvalue weighted by Crippen LogP contribution is -2.03. The summed E-state index contributed by atoms with van der Waals surface area (Å²) in [6.07, 6.45) is 0.802. The lowest BCUT2D eigenvalue weighted by molar-refractivity contribution is 0.657. The summed E-state index contributed by atoms with van der Waals surface area (Å²) >= 11 is 1.02. The molecule has 0 aromatic carbocycles. The normalized spacial score (nSPS) is 10.7. The maximum atomic E-state index is 12.9. The molecule has 84 valence electrons. The Bertz CT molecular complexity index is 499. The van der Waals surface area contributed by atoms with Crippen molar-refractivity contribution in [3.8, 4) is 10.7 Å². The maximum absolute atomic E-state index is 12.9. The Labute approximate surface area is 97.2 Å². The highest BCUT2D eigenvalue weighted by Crippen LogP contribution is 2.26. The number of nitrogen functional groups attached to an aromatic ring is 1. The van der Waals surface area contributed by atoms with E-state index in [4.69, 9.17) is 5.73 Å². The number of anilines is 1. The predicted molar refractivity (Wildman–Crippen MR) is 63.8 cm³/mol. The van der Waals surface area contributed by atoms with Gasteiger partial charge in [0, 0.05) is 11.3 Å². The van der Waals surface area contributed by atoms with E-state index in [9.17, 15) is 4.39 Å². The Morgan fingerprint density at radius 1 is 1.38 bits per heavy atom. The van der Waals surface area contributed by atoms with E-state index in [0.717, 1.165) is 29.0 Å². The smallest absolute Gasteiger partial charge is 0.177 e. The first-order chi connectivity index (χ1) is 7.61. The van der Waals surface area contributed by atoms with Crippen molar-refractivity contribution < 1.29 is 4.39 Å². The molecular formula is C11H12FN3S. The highest BCUT2D eigenvalue weighted by atomic mass is 32.1. The van der Waals surface area contributed by atoms with E-state index in [1.807, 2.05) is 13.8 Å². The van der Waals surface area contributed by atoms with E-state index in [-0.39, 0.29) is 5.13 Å². The molecule has 5 heteroatoms. The Balaban J connectivity index is 2.52. The Hall–Kier alpha value is -1.49. The lowest BCUT2D eigenvalue weighted by atomic mass is 10.1. The van der Waals surface area contributed by atoms with Gasteiger partial charge in [-0.2, -0.15) is 4.39 Å². The minimum atomic E-state index is -0.241. The van der Waals surface area contributed by atoms with Crippen molar-refractivity contribution in [3.05, 3.63) is 28.5 Å². The summed E-state index contributed by atoms with van der Waals surface area (Å²) in [5.74, 6) is 0.986. The van der Waals surface area contributed by atoms with Crippen molar-refractivity contribution in [3.63, 3.8) is 0 Å². The second-order valence-electron chi connectivity index (χ2n) is 3.45. The van der Waals surface area contributed by atoms with Gasteiger partial charge in [-0.1, -0.05) is 6.92 Å². The van der Waals surface area contributed by atoms with Gasteiger partial charge in [0.2, 0.25) is 0 Å². The maximum Gasteiger partial charge on any atom is 0.177 e. The fourth-order valence-corrected chi connectivity index (χ4v) is 2.26. The highest BCUT2D eigenvalue weighted by Gasteiger charge is 2.10. The minimum absolute atomic E-state index is 0.241. The third-order valence-electron chi connectivity index (χ3n) is 2.39. The summed E-state index contributed by atoms with van der Waals surface area (Å²) in [5, 5.41) is -0.241. The summed E-state index contributed by atoms with van der Waals surface area (Å²) in [6, 6.07) is 3.07. The molecule has 0 radical (unpaired) electrons. The van der Waals surface area contributed by atoms with Crippen molar-refractivity contribution in [2.24, 2.45) is 0 Å². The van der Waals surface area contributed by atoms with Gasteiger partial charge < -0.3 is 5.73 Å². The molecule has 0 unspecified atom stereocenters. The van der Waals surface area contributed by atoms with Gasteiger partial charge in [-0.25, -0.2) is 9.97 Å². The molecule has 0 saturated carbocycles. The van der Waals surface area contributed by atoms with E-state index in [1.165, 1.54) is 6.07 Å². The van der Waals surface area contributed by atoms with Gasteiger partial charge in [-0.3, -0.25) is 0 Å². The molecule has 0 amide bonds. The van der Waals surface area contributed by atoms with Gasteiger partial charge in [0.15, 0.2) is 11.0 Å². The van der Waals surface area contributed by atoms with Gasteiger partial charge >= 0.3 is 0 Å². The van der Waals surface area contributed by atoms with E-state index in [1.54, 1.807) is 6.07 Å². The van der Waals surface area contributed by atoms with Crippen LogP contribution in [0.5, 0.6) is 0 Å². The summed E-state index contributed by atoms with van der Waals surface area (Å²) in [4.78, 5) is 9.24. The van der Waals surface area contributed by atoms with Crippen molar-refractivity contribution in [2.75, 3.05) is 5.73 Å². The van der Waals surface area contributed by atoms with Crippen LogP contribution in [-0.4, -0.2) is 9.97 Å². The number of thiophene rings is 1. The van der Waals surface area contributed by atoms with Gasteiger partial charge in [-0.05, 0) is 25.5 Å². The van der Waals surface area contributed by atoms with Crippen LogP contribution in [0.1, 0.15) is 18.2 Å². The zero-order valence-electron chi connectivity index (χ0n) is 9.12. The van der Waals surface area contributed by atoms with Crippen LogP contribution in [0.15, 0.2) is 12.1 Å². The first kappa shape index (κ1) is 11.0. The van der Waals surface area contributed by atoms with Gasteiger partial charge in [-0.15, -0.1) is 11.3 Å². The molecule has 0 bridgehead atoms. The largest absolute Gasteiger partial charge is 0.383 e. The van der Waals surface area contributed by atoms with Crippen molar-refractivity contribution in [2.45, 2.75) is 20.3 Å². The summed E-state index contributed by atoms with van der Waals surface area (Å²) in [7, 11) is 0. The van der Waals surface area contributed by atoms with Crippen molar-refractivity contribution >= 4 is 17.2 Å². The van der Waals surface area contributed by atoms with Crippen molar-refractivity contribution in [1.29, 1.82) is 0 Å². The first-order valence-electron chi connectivity index (χ1n) is 5.00. The lowest BCUT2D eigenvalue weighted by Gasteiger charge is -2.07. The first-order valence-corrected chi connectivity index (χ1v) is 5.82. The monoisotopic (exact) mass is 237 g/mol. The molecule has 2 rings (SSSR count). The second-order valence-corrected chi connectivity index (χ2v) is 4.49. The molecule has 2 heterocycles. The van der Waals surface area contributed by atoms with E-state index < -0.39 is 0 Å². The molecule has 0 aliphatic carbocycles. The van der Waals surface area contributed by atoms with Crippen LogP contribution in [0.2, 0.25) is 0 Å². The standard InChI is InChI=1S/C11H12FN3S/c1-3-7-6(2)14-11(15-10(7)13)8-4-5-9(12)16-8/h4-5H,3H2,1-2H3,(H2,13,14,15). The third kappa shape index (κ3) is 1.90. The SMILES string of the molecule is CCc1c(C)nc(-c2ccc(F)s2)nc1N. The van der Waals surface area contributed by atoms with E-state index in [0.29, 0.717) is 16.5 Å². The fourth-order valence-electron chi connectivity index (χ4n) is 1.60. The number of halogens is 1. The number of hydrogen-bond donors (Lipinski definition) is 1. The van der Waals surface area contributed by atoms with Crippen LogP contribution in [-0.2, 0) is 6.42 Å².